The van der Waals surface area contributed by atoms with Crippen molar-refractivity contribution in [3.63, 3.8) is 0 Å². The second-order valence-electron chi connectivity index (χ2n) is 4.05. The Kier molecular flexibility index (Phi) is 4.71. The van der Waals surface area contributed by atoms with Crippen molar-refractivity contribution in [2.75, 3.05) is 13.7 Å². The summed E-state index contributed by atoms with van der Waals surface area (Å²) >= 11 is 5.87. The van der Waals surface area contributed by atoms with Crippen LogP contribution in [0.25, 0.3) is 0 Å². The molecule has 2 rings (SSSR count). The molecule has 2 aromatic rings. The number of hydrogen-bond donors (Lipinski definition) is 1. The van der Waals surface area contributed by atoms with Crippen LogP contribution in [0.1, 0.15) is 24.2 Å². The van der Waals surface area contributed by atoms with Crippen LogP contribution in [-0.4, -0.2) is 23.6 Å². The Morgan fingerprint density at radius 2 is 2.16 bits per heavy atom. The molecule has 0 aliphatic carbocycles. The van der Waals surface area contributed by atoms with Crippen molar-refractivity contribution >= 4 is 11.6 Å². The van der Waals surface area contributed by atoms with Gasteiger partial charge in [-0.25, -0.2) is 0 Å². The summed E-state index contributed by atoms with van der Waals surface area (Å²) in [7, 11) is 1.63. The van der Waals surface area contributed by atoms with Crippen LogP contribution in [0, 0.1) is 0 Å². The molecule has 0 amide bonds. The number of aromatic nitrogens is 2. The number of pyridine rings is 2. The summed E-state index contributed by atoms with van der Waals surface area (Å²) in [6.45, 7) is 2.88. The number of nitrogens with one attached hydrogen (secondary N) is 1. The lowest BCUT2D eigenvalue weighted by Crippen LogP contribution is -2.23. The third-order valence-electron chi connectivity index (χ3n) is 2.76. The predicted molar refractivity (Wildman–Crippen MR) is 75.6 cm³/mol. The van der Waals surface area contributed by atoms with Crippen LogP contribution in [0.3, 0.4) is 0 Å². The Morgan fingerprint density at radius 3 is 2.79 bits per heavy atom. The van der Waals surface area contributed by atoms with Gasteiger partial charge in [-0.15, -0.1) is 0 Å². The average Bonchev–Trinajstić information content (AvgIpc) is 2.46. The van der Waals surface area contributed by atoms with E-state index in [2.05, 4.69) is 22.2 Å². The number of nitrogens with zero attached hydrogens (tertiary/aromatic N) is 2. The molecule has 0 bridgehead atoms. The largest absolute Gasteiger partial charge is 0.495 e. The predicted octanol–water partition coefficient (Wildman–Crippen LogP) is 2.84. The zero-order valence-electron chi connectivity index (χ0n) is 10.9. The second-order valence-corrected chi connectivity index (χ2v) is 4.49. The number of halogens is 1. The summed E-state index contributed by atoms with van der Waals surface area (Å²) in [4.78, 5) is 8.55. The second kappa shape index (κ2) is 6.50. The van der Waals surface area contributed by atoms with E-state index in [9.17, 15) is 0 Å². The normalized spacial score (nSPS) is 12.2. The topological polar surface area (TPSA) is 47.0 Å². The van der Waals surface area contributed by atoms with Gasteiger partial charge in [0, 0.05) is 12.4 Å². The number of hydrogen-bond acceptors (Lipinski definition) is 4. The van der Waals surface area contributed by atoms with Crippen molar-refractivity contribution in [2.45, 2.75) is 13.0 Å². The maximum absolute atomic E-state index is 5.87. The number of rotatable bonds is 5. The first-order chi connectivity index (χ1) is 9.24. The van der Waals surface area contributed by atoms with E-state index in [1.165, 1.54) is 0 Å². The van der Waals surface area contributed by atoms with Crippen LogP contribution in [0.15, 0.2) is 36.8 Å². The lowest BCUT2D eigenvalue weighted by Gasteiger charge is -2.18. The van der Waals surface area contributed by atoms with Crippen molar-refractivity contribution in [3.05, 3.63) is 53.1 Å². The van der Waals surface area contributed by atoms with E-state index >= 15 is 0 Å². The van der Waals surface area contributed by atoms with Crippen LogP contribution >= 0.6 is 11.6 Å². The standard InChI is InChI=1S/C14H16ClN3O/c1-3-17-14(13-5-4-11(15)8-18-13)10-6-12(19-2)9-16-7-10/h4-9,14,17H,3H2,1-2H3. The Labute approximate surface area is 117 Å². The van der Waals surface area contributed by atoms with Crippen LogP contribution < -0.4 is 10.1 Å². The van der Waals surface area contributed by atoms with Gasteiger partial charge in [-0.1, -0.05) is 18.5 Å². The van der Waals surface area contributed by atoms with Gasteiger partial charge in [0.1, 0.15) is 5.75 Å². The minimum Gasteiger partial charge on any atom is -0.495 e. The molecule has 0 spiro atoms. The molecule has 0 saturated carbocycles. The van der Waals surface area contributed by atoms with E-state index in [4.69, 9.17) is 16.3 Å². The van der Waals surface area contributed by atoms with E-state index in [0.29, 0.717) is 5.02 Å². The molecule has 2 aromatic heterocycles. The van der Waals surface area contributed by atoms with E-state index in [1.807, 2.05) is 24.4 Å². The fourth-order valence-electron chi connectivity index (χ4n) is 1.86. The fourth-order valence-corrected chi connectivity index (χ4v) is 1.97. The molecule has 1 N–H and O–H groups in total. The number of methoxy groups -OCH3 is 1. The Balaban J connectivity index is 2.35. The summed E-state index contributed by atoms with van der Waals surface area (Å²) in [6.07, 6.45) is 5.14. The van der Waals surface area contributed by atoms with E-state index in [-0.39, 0.29) is 6.04 Å². The molecule has 0 aliphatic rings. The molecule has 0 saturated heterocycles. The van der Waals surface area contributed by atoms with Crippen LogP contribution in [0.2, 0.25) is 5.02 Å². The van der Waals surface area contributed by atoms with Gasteiger partial charge in [0.2, 0.25) is 0 Å². The highest BCUT2D eigenvalue weighted by atomic mass is 35.5. The molecule has 0 aromatic carbocycles. The van der Waals surface area contributed by atoms with Gasteiger partial charge in [-0.05, 0) is 30.3 Å². The van der Waals surface area contributed by atoms with Gasteiger partial charge in [0.15, 0.2) is 0 Å². The maximum atomic E-state index is 5.87. The van der Waals surface area contributed by atoms with Crippen LogP contribution in [-0.2, 0) is 0 Å². The third kappa shape index (κ3) is 3.43. The summed E-state index contributed by atoms with van der Waals surface area (Å²) in [6, 6.07) is 5.68. The van der Waals surface area contributed by atoms with E-state index < -0.39 is 0 Å². The molecule has 1 atom stereocenters. The number of ether oxygens (including phenoxy) is 1. The van der Waals surface area contributed by atoms with Gasteiger partial charge in [0.05, 0.1) is 30.1 Å². The minimum atomic E-state index is -0.0233. The van der Waals surface area contributed by atoms with Gasteiger partial charge in [-0.2, -0.15) is 0 Å². The van der Waals surface area contributed by atoms with Crippen molar-refractivity contribution < 1.29 is 4.74 Å². The molecule has 2 heterocycles. The molecular formula is C14H16ClN3O. The summed E-state index contributed by atoms with van der Waals surface area (Å²) < 4.78 is 5.21. The maximum Gasteiger partial charge on any atom is 0.137 e. The van der Waals surface area contributed by atoms with E-state index in [1.54, 1.807) is 19.5 Å². The van der Waals surface area contributed by atoms with Gasteiger partial charge >= 0.3 is 0 Å². The Morgan fingerprint density at radius 1 is 1.32 bits per heavy atom. The molecule has 19 heavy (non-hydrogen) atoms. The molecule has 0 aliphatic heterocycles. The third-order valence-corrected chi connectivity index (χ3v) is 2.98. The van der Waals surface area contributed by atoms with Crippen LogP contribution in [0.4, 0.5) is 0 Å². The molecule has 5 heteroatoms. The van der Waals surface area contributed by atoms with Crippen molar-refractivity contribution in [3.8, 4) is 5.75 Å². The van der Waals surface area contributed by atoms with Crippen molar-refractivity contribution in [1.29, 1.82) is 0 Å². The van der Waals surface area contributed by atoms with Gasteiger partial charge in [0.25, 0.3) is 0 Å². The monoisotopic (exact) mass is 277 g/mol. The quantitative estimate of drug-likeness (QED) is 0.913. The molecule has 100 valence electrons. The zero-order valence-corrected chi connectivity index (χ0v) is 11.7. The SMILES string of the molecule is CCNC(c1cncc(OC)c1)c1ccc(Cl)cn1. The van der Waals surface area contributed by atoms with Gasteiger partial charge < -0.3 is 10.1 Å². The summed E-state index contributed by atoms with van der Waals surface area (Å²) in [5.41, 5.74) is 1.91. The highest BCUT2D eigenvalue weighted by Crippen LogP contribution is 2.23. The average molecular weight is 278 g/mol. The summed E-state index contributed by atoms with van der Waals surface area (Å²) in [5.74, 6) is 0.731. The lowest BCUT2D eigenvalue weighted by molar-refractivity contribution is 0.411. The molecule has 0 fully saturated rings. The first kappa shape index (κ1) is 13.8. The molecule has 4 nitrogen and oxygen atoms in total. The van der Waals surface area contributed by atoms with E-state index in [0.717, 1.165) is 23.6 Å². The Bertz CT molecular complexity index is 530. The first-order valence-corrected chi connectivity index (χ1v) is 6.46. The highest BCUT2D eigenvalue weighted by Gasteiger charge is 2.15. The molecular weight excluding hydrogens is 262 g/mol. The van der Waals surface area contributed by atoms with Crippen LogP contribution in [0.5, 0.6) is 5.75 Å². The molecule has 0 radical (unpaired) electrons. The Hall–Kier alpha value is -1.65. The van der Waals surface area contributed by atoms with Crippen molar-refractivity contribution in [1.82, 2.24) is 15.3 Å². The summed E-state index contributed by atoms with van der Waals surface area (Å²) in [5, 5.41) is 4.01. The fraction of sp³-hybridized carbons (Fsp3) is 0.286. The molecule has 1 unspecified atom stereocenters. The highest BCUT2D eigenvalue weighted by molar-refractivity contribution is 6.30. The minimum absolute atomic E-state index is 0.0233. The smallest absolute Gasteiger partial charge is 0.137 e. The first-order valence-electron chi connectivity index (χ1n) is 6.08. The van der Waals surface area contributed by atoms with Crippen molar-refractivity contribution in [2.24, 2.45) is 0 Å². The zero-order chi connectivity index (χ0) is 13.7. The van der Waals surface area contributed by atoms with Gasteiger partial charge in [-0.3, -0.25) is 9.97 Å². The lowest BCUT2D eigenvalue weighted by atomic mass is 10.0.